The van der Waals surface area contributed by atoms with Crippen LogP contribution in [0.4, 0.5) is 30.7 Å². The molecule has 3 aliphatic rings. The lowest BCUT2D eigenvalue weighted by atomic mass is 9.98. The van der Waals surface area contributed by atoms with Gasteiger partial charge in [0.05, 0.1) is 18.4 Å². The van der Waals surface area contributed by atoms with Crippen molar-refractivity contribution in [3.05, 3.63) is 23.8 Å². The van der Waals surface area contributed by atoms with Gasteiger partial charge in [-0.1, -0.05) is 0 Å². The Morgan fingerprint density at radius 3 is 2.31 bits per heavy atom. The highest BCUT2D eigenvalue weighted by molar-refractivity contribution is 6.09. The van der Waals surface area contributed by atoms with Crippen LogP contribution in [0.15, 0.2) is 22.4 Å². The third kappa shape index (κ3) is 4.79. The predicted octanol–water partition coefficient (Wildman–Crippen LogP) is 3.03. The summed E-state index contributed by atoms with van der Waals surface area (Å²) in [6.07, 6.45) is -5.10. The number of hydrogen-bond acceptors (Lipinski definition) is 5. The molecule has 4 rings (SSSR count). The van der Waals surface area contributed by atoms with E-state index in [1.165, 1.54) is 0 Å². The van der Waals surface area contributed by atoms with Crippen LogP contribution in [-0.4, -0.2) is 45.4 Å². The fourth-order valence-corrected chi connectivity index (χ4v) is 4.11. The Morgan fingerprint density at radius 1 is 1.03 bits per heavy atom. The predicted molar refractivity (Wildman–Crippen MR) is 99.1 cm³/mol. The van der Waals surface area contributed by atoms with Gasteiger partial charge in [-0.05, 0) is 12.8 Å². The Bertz CT molecular complexity index is 946. The molecule has 2 heterocycles. The van der Waals surface area contributed by atoms with Gasteiger partial charge < -0.3 is 10.6 Å². The fraction of sp³-hybridized carbons (Fsp3) is 0.667. The molecule has 0 bridgehead atoms. The maximum atomic E-state index is 13.8. The summed E-state index contributed by atoms with van der Waals surface area (Å²) in [7, 11) is 0. The lowest BCUT2D eigenvalue weighted by Crippen LogP contribution is -2.66. The van der Waals surface area contributed by atoms with E-state index >= 15 is 0 Å². The van der Waals surface area contributed by atoms with E-state index in [0.29, 0.717) is 6.20 Å². The third-order valence-electron chi connectivity index (χ3n) is 5.74. The smallest absolute Gasteiger partial charge is 0.319 e. The van der Waals surface area contributed by atoms with Crippen molar-refractivity contribution in [2.24, 2.45) is 21.6 Å². The molecule has 1 aliphatic heterocycles. The number of nitrogens with zero attached hydrogens (tertiary/aromatic N) is 4. The monoisotopic (exact) mass is 467 g/mol. The molecule has 2 saturated carbocycles. The van der Waals surface area contributed by atoms with Gasteiger partial charge in [0, 0.05) is 31.6 Å². The molecule has 4 N–H and O–H groups in total. The first-order valence-electron chi connectivity index (χ1n) is 9.92. The molecule has 0 radical (unpaired) electrons. The van der Waals surface area contributed by atoms with E-state index in [4.69, 9.17) is 5.73 Å². The van der Waals surface area contributed by atoms with Crippen molar-refractivity contribution in [3.8, 4) is 0 Å². The van der Waals surface area contributed by atoms with E-state index in [1.54, 1.807) is 0 Å². The summed E-state index contributed by atoms with van der Waals surface area (Å²) in [5.74, 6) is -9.02. The molecule has 2 aliphatic carbocycles. The van der Waals surface area contributed by atoms with Gasteiger partial charge in [0.25, 0.3) is 0 Å². The van der Waals surface area contributed by atoms with Crippen molar-refractivity contribution < 1.29 is 30.7 Å². The van der Waals surface area contributed by atoms with Crippen LogP contribution in [-0.2, 0) is 6.18 Å². The Hall–Kier alpha value is -2.51. The minimum atomic E-state index is -4.78. The van der Waals surface area contributed by atoms with Crippen molar-refractivity contribution in [2.45, 2.75) is 68.4 Å². The number of halogens is 7. The zero-order valence-electron chi connectivity index (χ0n) is 16.6. The second-order valence-corrected chi connectivity index (χ2v) is 8.35. The number of nitrogens with one attached hydrogen (secondary N) is 2. The van der Waals surface area contributed by atoms with Gasteiger partial charge in [0.2, 0.25) is 11.8 Å². The highest BCUT2D eigenvalue weighted by Gasteiger charge is 2.50. The van der Waals surface area contributed by atoms with Crippen LogP contribution >= 0.6 is 0 Å². The molecular formula is C18H20F7N7. The van der Waals surface area contributed by atoms with Crippen molar-refractivity contribution >= 4 is 11.8 Å². The van der Waals surface area contributed by atoms with Crippen LogP contribution < -0.4 is 16.4 Å². The SMILES string of the molecule is NC1([C@H]2CCC(F)(F)C2)N=C(c2cncc(C(F)(F)F)n2)NC(=N[C@H]2CCC(F)(F)C2)N1. The molecule has 0 saturated heterocycles. The first kappa shape index (κ1) is 22.7. The molecule has 1 aromatic rings. The highest BCUT2D eigenvalue weighted by atomic mass is 19.4. The molecule has 2 fully saturated rings. The number of amidine groups is 1. The van der Waals surface area contributed by atoms with E-state index in [1.807, 2.05) is 0 Å². The zero-order chi connectivity index (χ0) is 23.4. The number of aromatic nitrogens is 2. The molecule has 3 atom stereocenters. The Morgan fingerprint density at radius 2 is 1.72 bits per heavy atom. The van der Waals surface area contributed by atoms with Crippen molar-refractivity contribution in [1.29, 1.82) is 0 Å². The Balaban J connectivity index is 1.70. The quantitative estimate of drug-likeness (QED) is 0.594. The minimum absolute atomic E-state index is 0.00364. The number of guanidine groups is 1. The minimum Gasteiger partial charge on any atom is -0.319 e. The van der Waals surface area contributed by atoms with Crippen LogP contribution in [0.2, 0.25) is 0 Å². The maximum absolute atomic E-state index is 13.8. The van der Waals surface area contributed by atoms with Gasteiger partial charge in [-0.3, -0.25) is 10.7 Å². The summed E-state index contributed by atoms with van der Waals surface area (Å²) in [6, 6.07) is -0.791. The lowest BCUT2D eigenvalue weighted by Gasteiger charge is -2.38. The van der Waals surface area contributed by atoms with Gasteiger partial charge >= 0.3 is 6.18 Å². The van der Waals surface area contributed by atoms with Crippen molar-refractivity contribution in [3.63, 3.8) is 0 Å². The topological polar surface area (TPSA) is 101 Å². The van der Waals surface area contributed by atoms with E-state index in [-0.39, 0.29) is 36.8 Å². The summed E-state index contributed by atoms with van der Waals surface area (Å²) >= 11 is 0. The number of hydrogen-bond donors (Lipinski definition) is 3. The number of alkyl halides is 7. The first-order chi connectivity index (χ1) is 14.7. The summed E-state index contributed by atoms with van der Waals surface area (Å²) < 4.78 is 94.0. The molecule has 1 unspecified atom stereocenters. The van der Waals surface area contributed by atoms with Crippen LogP contribution in [0.5, 0.6) is 0 Å². The lowest BCUT2D eigenvalue weighted by molar-refractivity contribution is -0.141. The number of aliphatic imine (C=N–C) groups is 2. The maximum Gasteiger partial charge on any atom is 0.434 e. The van der Waals surface area contributed by atoms with E-state index < -0.39 is 60.7 Å². The van der Waals surface area contributed by atoms with Crippen LogP contribution in [0.25, 0.3) is 0 Å². The molecular weight excluding hydrogens is 447 g/mol. The second-order valence-electron chi connectivity index (χ2n) is 8.35. The van der Waals surface area contributed by atoms with Crippen molar-refractivity contribution in [1.82, 2.24) is 20.6 Å². The Kier molecular flexibility index (Phi) is 5.33. The van der Waals surface area contributed by atoms with Gasteiger partial charge in [-0.2, -0.15) is 13.2 Å². The molecule has 14 heteroatoms. The summed E-state index contributed by atoms with van der Waals surface area (Å²) in [6.45, 7) is 0. The van der Waals surface area contributed by atoms with Gasteiger partial charge in [-0.15, -0.1) is 0 Å². The standard InChI is InChI=1S/C18H20F7N7/c19-15(20)3-1-9(5-15)18(26)31-13(11-7-27-8-12(29-11)17(23,24)25)30-14(32-18)28-10-2-4-16(21,22)6-10/h7-10H,1-6,26H2,(H2,28,30,31,32)/t9-,10-,18?/m0/s1. The molecule has 1 aromatic heterocycles. The largest absolute Gasteiger partial charge is 0.434 e. The normalized spacial score (nSPS) is 33.0. The molecule has 7 nitrogen and oxygen atoms in total. The Labute approximate surface area is 177 Å². The average molecular weight is 467 g/mol. The van der Waals surface area contributed by atoms with E-state index in [0.717, 1.165) is 6.20 Å². The second kappa shape index (κ2) is 7.52. The highest BCUT2D eigenvalue weighted by Crippen LogP contribution is 2.43. The van der Waals surface area contributed by atoms with Crippen molar-refractivity contribution in [2.75, 3.05) is 0 Å². The van der Waals surface area contributed by atoms with Crippen LogP contribution in [0.3, 0.4) is 0 Å². The summed E-state index contributed by atoms with van der Waals surface area (Å²) in [5, 5.41) is 5.30. The van der Waals surface area contributed by atoms with E-state index in [9.17, 15) is 30.7 Å². The van der Waals surface area contributed by atoms with Gasteiger partial charge in [0.1, 0.15) is 5.69 Å². The average Bonchev–Trinajstić information content (AvgIpc) is 3.22. The molecule has 0 spiro atoms. The fourth-order valence-electron chi connectivity index (χ4n) is 4.11. The van der Waals surface area contributed by atoms with E-state index in [2.05, 4.69) is 30.6 Å². The molecule has 0 aromatic carbocycles. The zero-order valence-corrected chi connectivity index (χ0v) is 16.6. The van der Waals surface area contributed by atoms with Gasteiger partial charge in [-0.25, -0.2) is 32.5 Å². The summed E-state index contributed by atoms with van der Waals surface area (Å²) in [5.41, 5.74) is 4.65. The third-order valence-corrected chi connectivity index (χ3v) is 5.74. The van der Waals surface area contributed by atoms with Gasteiger partial charge in [0.15, 0.2) is 23.3 Å². The van der Waals surface area contributed by atoms with Crippen LogP contribution in [0.1, 0.15) is 49.9 Å². The number of nitrogens with two attached hydrogens (primary N) is 1. The molecule has 176 valence electrons. The number of rotatable bonds is 3. The molecule has 32 heavy (non-hydrogen) atoms. The first-order valence-corrected chi connectivity index (χ1v) is 9.92. The van der Waals surface area contributed by atoms with Crippen LogP contribution in [0, 0.1) is 5.92 Å². The summed E-state index contributed by atoms with van der Waals surface area (Å²) in [4.78, 5) is 15.3. The molecule has 0 amide bonds.